The number of aromatic nitrogens is 1. The first-order chi connectivity index (χ1) is 11.6. The number of aryl methyl sites for hydroxylation is 2. The van der Waals surface area contributed by atoms with Crippen molar-refractivity contribution in [2.75, 3.05) is 31.1 Å². The third-order valence-electron chi connectivity index (χ3n) is 4.62. The molecule has 0 atom stereocenters. The number of carbonyl (C=O) groups excluding carboxylic acids is 1. The fraction of sp³-hybridized carbons (Fsp3) is 0.368. The molecule has 5 heteroatoms. The molecule has 1 N–H and O–H groups in total. The van der Waals surface area contributed by atoms with Crippen LogP contribution in [0.4, 0.5) is 10.5 Å². The highest BCUT2D eigenvalue weighted by molar-refractivity contribution is 5.74. The van der Waals surface area contributed by atoms with E-state index in [1.165, 1.54) is 16.8 Å². The Labute approximate surface area is 143 Å². The van der Waals surface area contributed by atoms with E-state index in [-0.39, 0.29) is 6.03 Å². The van der Waals surface area contributed by atoms with Crippen LogP contribution >= 0.6 is 0 Å². The zero-order chi connectivity index (χ0) is 16.9. The average Bonchev–Trinajstić information content (AvgIpc) is 2.63. The molecule has 0 saturated carbocycles. The van der Waals surface area contributed by atoms with Gasteiger partial charge in [0.15, 0.2) is 0 Å². The van der Waals surface area contributed by atoms with E-state index in [2.05, 4.69) is 47.2 Å². The van der Waals surface area contributed by atoms with Crippen LogP contribution in [0.25, 0.3) is 0 Å². The molecular formula is C19H24N4O. The number of anilines is 1. The van der Waals surface area contributed by atoms with Gasteiger partial charge < -0.3 is 15.1 Å². The molecule has 1 fully saturated rings. The lowest BCUT2D eigenvalue weighted by atomic mass is 10.1. The summed E-state index contributed by atoms with van der Waals surface area (Å²) in [4.78, 5) is 20.5. The first-order valence-electron chi connectivity index (χ1n) is 8.37. The van der Waals surface area contributed by atoms with Crippen LogP contribution in [0.1, 0.15) is 16.7 Å². The molecule has 1 aromatic heterocycles. The molecule has 1 aliphatic rings. The largest absolute Gasteiger partial charge is 0.368 e. The Bertz CT molecular complexity index is 694. The quantitative estimate of drug-likeness (QED) is 0.944. The predicted molar refractivity (Wildman–Crippen MR) is 96.2 cm³/mol. The zero-order valence-corrected chi connectivity index (χ0v) is 14.3. The first kappa shape index (κ1) is 16.3. The lowest BCUT2D eigenvalue weighted by Gasteiger charge is -2.36. The summed E-state index contributed by atoms with van der Waals surface area (Å²) in [6.07, 6.45) is 3.48. The van der Waals surface area contributed by atoms with Crippen molar-refractivity contribution in [1.82, 2.24) is 15.2 Å². The van der Waals surface area contributed by atoms with Crippen LogP contribution in [0, 0.1) is 13.8 Å². The van der Waals surface area contributed by atoms with Crippen LogP contribution in [-0.2, 0) is 6.54 Å². The Kier molecular flexibility index (Phi) is 4.99. The number of piperazine rings is 1. The van der Waals surface area contributed by atoms with Gasteiger partial charge in [0, 0.05) is 50.8 Å². The molecule has 0 spiro atoms. The summed E-state index contributed by atoms with van der Waals surface area (Å²) in [5.41, 5.74) is 4.93. The number of benzene rings is 1. The number of nitrogens with one attached hydrogen (secondary N) is 1. The molecular weight excluding hydrogens is 300 g/mol. The van der Waals surface area contributed by atoms with Crippen molar-refractivity contribution < 1.29 is 4.79 Å². The second-order valence-electron chi connectivity index (χ2n) is 6.26. The van der Waals surface area contributed by atoms with Gasteiger partial charge in [-0.15, -0.1) is 0 Å². The summed E-state index contributed by atoms with van der Waals surface area (Å²) < 4.78 is 0. The summed E-state index contributed by atoms with van der Waals surface area (Å²) in [5, 5.41) is 2.98. The Balaban J connectivity index is 1.51. The van der Waals surface area contributed by atoms with Crippen molar-refractivity contribution in [3.05, 3.63) is 59.4 Å². The fourth-order valence-electron chi connectivity index (χ4n) is 2.88. The lowest BCUT2D eigenvalue weighted by Crippen LogP contribution is -2.51. The van der Waals surface area contributed by atoms with Gasteiger partial charge in [-0.05, 0) is 54.8 Å². The summed E-state index contributed by atoms with van der Waals surface area (Å²) in [6, 6.07) is 10.4. The minimum atomic E-state index is 0.00606. The van der Waals surface area contributed by atoms with Gasteiger partial charge >= 0.3 is 6.03 Å². The maximum absolute atomic E-state index is 12.3. The second kappa shape index (κ2) is 7.34. The Hall–Kier alpha value is -2.56. The van der Waals surface area contributed by atoms with Gasteiger partial charge in [-0.1, -0.05) is 6.07 Å². The molecule has 0 unspecified atom stereocenters. The molecule has 0 radical (unpaired) electrons. The molecule has 1 aromatic carbocycles. The number of hydrogen-bond acceptors (Lipinski definition) is 3. The summed E-state index contributed by atoms with van der Waals surface area (Å²) in [6.45, 7) is 8.03. The predicted octanol–water partition coefficient (Wildman–Crippen LogP) is 2.73. The van der Waals surface area contributed by atoms with Crippen LogP contribution in [0.15, 0.2) is 42.7 Å². The van der Waals surface area contributed by atoms with Crippen LogP contribution in [-0.4, -0.2) is 42.1 Å². The Morgan fingerprint density at radius 3 is 2.42 bits per heavy atom. The summed E-state index contributed by atoms with van der Waals surface area (Å²) in [5.74, 6) is 0. The van der Waals surface area contributed by atoms with E-state index in [1.807, 2.05) is 17.0 Å². The highest BCUT2D eigenvalue weighted by atomic mass is 16.2. The molecule has 24 heavy (non-hydrogen) atoms. The van der Waals surface area contributed by atoms with Crippen molar-refractivity contribution in [2.24, 2.45) is 0 Å². The van der Waals surface area contributed by atoms with Gasteiger partial charge in [0.05, 0.1) is 0 Å². The third-order valence-corrected chi connectivity index (χ3v) is 4.62. The third kappa shape index (κ3) is 3.85. The van der Waals surface area contributed by atoms with E-state index in [9.17, 15) is 4.79 Å². The highest BCUT2D eigenvalue weighted by Crippen LogP contribution is 2.20. The number of amides is 2. The van der Waals surface area contributed by atoms with Crippen LogP contribution < -0.4 is 10.2 Å². The van der Waals surface area contributed by atoms with E-state index >= 15 is 0 Å². The van der Waals surface area contributed by atoms with Crippen LogP contribution in [0.5, 0.6) is 0 Å². The highest BCUT2D eigenvalue weighted by Gasteiger charge is 2.21. The van der Waals surface area contributed by atoms with Gasteiger partial charge in [0.1, 0.15) is 0 Å². The van der Waals surface area contributed by atoms with E-state index in [0.717, 1.165) is 31.7 Å². The molecule has 1 saturated heterocycles. The standard InChI is InChI=1S/C19H24N4O/c1-15-3-4-18(13-16(15)2)22-9-11-23(12-10-22)19(24)21-14-17-5-7-20-8-6-17/h3-8,13H,9-12,14H2,1-2H3,(H,21,24). The summed E-state index contributed by atoms with van der Waals surface area (Å²) >= 11 is 0. The second-order valence-corrected chi connectivity index (χ2v) is 6.26. The van der Waals surface area contributed by atoms with Gasteiger partial charge in [-0.25, -0.2) is 4.79 Å². The topological polar surface area (TPSA) is 48.5 Å². The molecule has 0 bridgehead atoms. The molecule has 5 nitrogen and oxygen atoms in total. The average molecular weight is 324 g/mol. The van der Waals surface area contributed by atoms with E-state index in [0.29, 0.717) is 6.54 Å². The van der Waals surface area contributed by atoms with Crippen molar-refractivity contribution in [3.8, 4) is 0 Å². The minimum Gasteiger partial charge on any atom is -0.368 e. The van der Waals surface area contributed by atoms with Gasteiger partial charge in [-0.2, -0.15) is 0 Å². The molecule has 1 aliphatic heterocycles. The Morgan fingerprint density at radius 2 is 1.75 bits per heavy atom. The summed E-state index contributed by atoms with van der Waals surface area (Å²) in [7, 11) is 0. The van der Waals surface area contributed by atoms with Crippen LogP contribution in [0.3, 0.4) is 0 Å². The maximum atomic E-state index is 12.3. The van der Waals surface area contributed by atoms with Gasteiger partial charge in [0.2, 0.25) is 0 Å². The number of rotatable bonds is 3. The normalized spacial score (nSPS) is 14.6. The van der Waals surface area contributed by atoms with E-state index < -0.39 is 0 Å². The van der Waals surface area contributed by atoms with E-state index in [1.54, 1.807) is 12.4 Å². The van der Waals surface area contributed by atoms with Crippen molar-refractivity contribution in [3.63, 3.8) is 0 Å². The van der Waals surface area contributed by atoms with Crippen molar-refractivity contribution in [1.29, 1.82) is 0 Å². The molecule has 2 amide bonds. The lowest BCUT2D eigenvalue weighted by molar-refractivity contribution is 0.194. The van der Waals surface area contributed by atoms with Crippen molar-refractivity contribution in [2.45, 2.75) is 20.4 Å². The SMILES string of the molecule is Cc1ccc(N2CCN(C(=O)NCc3ccncc3)CC2)cc1C. The number of hydrogen-bond donors (Lipinski definition) is 1. The molecule has 2 aromatic rings. The number of urea groups is 1. The smallest absolute Gasteiger partial charge is 0.317 e. The van der Waals surface area contributed by atoms with Crippen LogP contribution in [0.2, 0.25) is 0 Å². The van der Waals surface area contributed by atoms with Gasteiger partial charge in [-0.3, -0.25) is 4.98 Å². The first-order valence-corrected chi connectivity index (χ1v) is 8.37. The van der Waals surface area contributed by atoms with Crippen molar-refractivity contribution >= 4 is 11.7 Å². The molecule has 126 valence electrons. The van der Waals surface area contributed by atoms with E-state index in [4.69, 9.17) is 0 Å². The monoisotopic (exact) mass is 324 g/mol. The Morgan fingerprint density at radius 1 is 1.04 bits per heavy atom. The number of nitrogens with zero attached hydrogens (tertiary/aromatic N) is 3. The maximum Gasteiger partial charge on any atom is 0.317 e. The molecule has 2 heterocycles. The number of pyridine rings is 1. The zero-order valence-electron chi connectivity index (χ0n) is 14.3. The minimum absolute atomic E-state index is 0.00606. The number of carbonyl (C=O) groups is 1. The fourth-order valence-corrected chi connectivity index (χ4v) is 2.88. The molecule has 0 aliphatic carbocycles. The van der Waals surface area contributed by atoms with Gasteiger partial charge in [0.25, 0.3) is 0 Å². The molecule has 3 rings (SSSR count).